The number of benzene rings is 1. The van der Waals surface area contributed by atoms with Crippen molar-refractivity contribution in [2.45, 2.75) is 50.4 Å². The van der Waals surface area contributed by atoms with Gasteiger partial charge in [0.1, 0.15) is 12.4 Å². The minimum atomic E-state index is 0.505. The van der Waals surface area contributed by atoms with Crippen LogP contribution in [0.1, 0.15) is 31.2 Å². The maximum Gasteiger partial charge on any atom is 0.223 e. The number of hydrogen-bond acceptors (Lipinski definition) is 6. The zero-order valence-corrected chi connectivity index (χ0v) is 17.1. The second-order valence-corrected chi connectivity index (χ2v) is 8.74. The van der Waals surface area contributed by atoms with Crippen LogP contribution in [0.4, 0.5) is 11.5 Å². The van der Waals surface area contributed by atoms with Gasteiger partial charge in [0.25, 0.3) is 0 Å². The molecule has 6 rings (SSSR count). The third-order valence-electron chi connectivity index (χ3n) is 6.81. The van der Waals surface area contributed by atoms with Crippen LogP contribution in [0, 0.1) is 0 Å². The number of anilines is 2. The lowest BCUT2D eigenvalue weighted by molar-refractivity contribution is 0.289. The molecule has 7 heteroatoms. The lowest BCUT2D eigenvalue weighted by atomic mass is 9.97. The van der Waals surface area contributed by atoms with Crippen LogP contribution in [-0.4, -0.2) is 39.9 Å². The number of nitrogen functional groups attached to an aromatic ring is 1. The Balaban J connectivity index is 1.28. The van der Waals surface area contributed by atoms with E-state index in [0.717, 1.165) is 28.5 Å². The monoisotopic (exact) mass is 402 g/mol. The van der Waals surface area contributed by atoms with Crippen molar-refractivity contribution in [1.82, 2.24) is 20.1 Å². The summed E-state index contributed by atoms with van der Waals surface area (Å²) in [5.74, 6) is 1.71. The first-order chi connectivity index (χ1) is 14.6. The first kappa shape index (κ1) is 17.8. The molecule has 0 spiro atoms. The van der Waals surface area contributed by atoms with Crippen molar-refractivity contribution < 1.29 is 4.74 Å². The van der Waals surface area contributed by atoms with Gasteiger partial charge in [-0.25, -0.2) is 4.68 Å². The summed E-state index contributed by atoms with van der Waals surface area (Å²) in [4.78, 5) is 7.23. The van der Waals surface area contributed by atoms with Gasteiger partial charge in [-0.15, -0.1) is 0 Å². The van der Waals surface area contributed by atoms with E-state index in [2.05, 4.69) is 52.7 Å². The van der Waals surface area contributed by atoms with Crippen molar-refractivity contribution in [1.29, 1.82) is 0 Å². The van der Waals surface area contributed by atoms with Gasteiger partial charge in [-0.1, -0.05) is 6.07 Å². The van der Waals surface area contributed by atoms with Gasteiger partial charge >= 0.3 is 0 Å². The van der Waals surface area contributed by atoms with Crippen LogP contribution in [0.5, 0.6) is 5.88 Å². The predicted molar refractivity (Wildman–Crippen MR) is 117 cm³/mol. The number of fused-ring (bicyclic) bond motifs is 5. The third kappa shape index (κ3) is 2.92. The van der Waals surface area contributed by atoms with Crippen LogP contribution in [0.25, 0.3) is 16.8 Å². The highest BCUT2D eigenvalue weighted by Gasteiger charge is 2.35. The molecule has 3 aliphatic rings. The molecular formula is C23H26N6O. The van der Waals surface area contributed by atoms with E-state index in [4.69, 9.17) is 15.5 Å². The topological polar surface area (TPSA) is 81.2 Å². The Labute approximate surface area is 175 Å². The molecule has 0 radical (unpaired) electrons. The molecule has 3 N–H and O–H groups in total. The summed E-state index contributed by atoms with van der Waals surface area (Å²) in [7, 11) is 2.17. The molecule has 3 aromatic rings. The van der Waals surface area contributed by atoms with Crippen molar-refractivity contribution in [3.8, 4) is 22.7 Å². The molecule has 7 nitrogen and oxygen atoms in total. The van der Waals surface area contributed by atoms with Gasteiger partial charge in [0.15, 0.2) is 0 Å². The van der Waals surface area contributed by atoms with Crippen LogP contribution in [0.3, 0.4) is 0 Å². The SMILES string of the molecule is CN(c1ccc2c(n1)OCc1cc(-n3cc(N)cn3)ccc1-2)C1CC2CCC(C1)N2. The predicted octanol–water partition coefficient (Wildman–Crippen LogP) is 3.13. The van der Waals surface area contributed by atoms with Gasteiger partial charge in [-0.2, -0.15) is 10.1 Å². The lowest BCUT2D eigenvalue weighted by Gasteiger charge is -2.36. The quantitative estimate of drug-likeness (QED) is 0.701. The minimum absolute atomic E-state index is 0.505. The molecule has 2 aromatic heterocycles. The van der Waals surface area contributed by atoms with E-state index in [1.54, 1.807) is 10.9 Å². The molecule has 0 aliphatic carbocycles. The van der Waals surface area contributed by atoms with Crippen molar-refractivity contribution in [3.63, 3.8) is 0 Å². The number of nitrogens with two attached hydrogens (primary N) is 1. The maximum atomic E-state index is 6.07. The number of ether oxygens (including phenoxy) is 1. The van der Waals surface area contributed by atoms with Gasteiger partial charge in [0.05, 0.1) is 23.8 Å². The number of nitrogens with one attached hydrogen (secondary N) is 1. The normalized spacial score (nSPS) is 24.1. The molecule has 2 atom stereocenters. The molecule has 2 bridgehead atoms. The summed E-state index contributed by atoms with van der Waals surface area (Å²) in [6.45, 7) is 0.505. The molecule has 3 aliphatic heterocycles. The molecular weight excluding hydrogens is 376 g/mol. The molecule has 30 heavy (non-hydrogen) atoms. The Bertz CT molecular complexity index is 1100. The molecule has 2 unspecified atom stereocenters. The van der Waals surface area contributed by atoms with Gasteiger partial charge in [-0.3, -0.25) is 0 Å². The average molecular weight is 403 g/mol. The van der Waals surface area contributed by atoms with Crippen LogP contribution in [-0.2, 0) is 6.61 Å². The van der Waals surface area contributed by atoms with Crippen molar-refractivity contribution in [2.24, 2.45) is 0 Å². The van der Waals surface area contributed by atoms with Gasteiger partial charge in [-0.05, 0) is 61.1 Å². The maximum absolute atomic E-state index is 6.07. The number of nitrogens with zero attached hydrogens (tertiary/aromatic N) is 4. The summed E-state index contributed by atoms with van der Waals surface area (Å²) in [6, 6.07) is 12.4. The summed E-state index contributed by atoms with van der Waals surface area (Å²) < 4.78 is 7.86. The summed E-state index contributed by atoms with van der Waals surface area (Å²) >= 11 is 0. The fourth-order valence-electron chi connectivity index (χ4n) is 5.20. The van der Waals surface area contributed by atoms with Crippen molar-refractivity contribution in [3.05, 3.63) is 48.3 Å². The van der Waals surface area contributed by atoms with E-state index in [9.17, 15) is 0 Å². The number of hydrogen-bond donors (Lipinski definition) is 2. The van der Waals surface area contributed by atoms with Crippen LogP contribution in [0.15, 0.2) is 42.7 Å². The van der Waals surface area contributed by atoms with E-state index in [1.165, 1.54) is 31.2 Å². The van der Waals surface area contributed by atoms with E-state index < -0.39 is 0 Å². The van der Waals surface area contributed by atoms with Crippen molar-refractivity contribution >= 4 is 11.5 Å². The second-order valence-electron chi connectivity index (χ2n) is 8.74. The fraction of sp³-hybridized carbons (Fsp3) is 0.391. The zero-order chi connectivity index (χ0) is 20.2. The Hall–Kier alpha value is -3.06. The van der Waals surface area contributed by atoms with Gasteiger partial charge < -0.3 is 20.7 Å². The summed E-state index contributed by atoms with van der Waals surface area (Å²) in [5.41, 5.74) is 10.8. The second kappa shape index (κ2) is 6.74. The largest absolute Gasteiger partial charge is 0.472 e. The lowest BCUT2D eigenvalue weighted by Crippen LogP contribution is -2.47. The highest BCUT2D eigenvalue weighted by Crippen LogP contribution is 2.39. The molecule has 5 heterocycles. The Kier molecular flexibility index (Phi) is 3.99. The highest BCUT2D eigenvalue weighted by molar-refractivity contribution is 5.75. The Morgan fingerprint density at radius 2 is 1.93 bits per heavy atom. The first-order valence-electron chi connectivity index (χ1n) is 10.7. The van der Waals surface area contributed by atoms with E-state index in [-0.39, 0.29) is 0 Å². The van der Waals surface area contributed by atoms with E-state index in [0.29, 0.717) is 30.4 Å². The third-order valence-corrected chi connectivity index (χ3v) is 6.81. The zero-order valence-electron chi connectivity index (χ0n) is 17.1. The molecule has 0 amide bonds. The van der Waals surface area contributed by atoms with Crippen LogP contribution >= 0.6 is 0 Å². The number of rotatable bonds is 3. The number of piperidine rings is 1. The molecule has 154 valence electrons. The Morgan fingerprint density at radius 1 is 1.13 bits per heavy atom. The van der Waals surface area contributed by atoms with E-state index in [1.807, 2.05) is 6.20 Å². The Morgan fingerprint density at radius 3 is 2.70 bits per heavy atom. The molecule has 2 fully saturated rings. The standard InChI is InChI=1S/C23H26N6O/c1-28(19-9-16-2-3-17(10-19)26-16)22-7-6-21-20-5-4-18(29-12-15(24)11-25-29)8-14(20)13-30-23(21)27-22/h4-8,11-12,16-17,19,26H,2-3,9-10,13,24H2,1H3. The van der Waals surface area contributed by atoms with Crippen LogP contribution < -0.4 is 20.7 Å². The minimum Gasteiger partial charge on any atom is -0.472 e. The molecule has 1 aromatic carbocycles. The summed E-state index contributed by atoms with van der Waals surface area (Å²) in [6.07, 6.45) is 8.46. The summed E-state index contributed by atoms with van der Waals surface area (Å²) in [5, 5.41) is 8.02. The van der Waals surface area contributed by atoms with Crippen LogP contribution in [0.2, 0.25) is 0 Å². The number of aromatic nitrogens is 3. The molecule has 0 saturated carbocycles. The highest BCUT2D eigenvalue weighted by atomic mass is 16.5. The first-order valence-corrected chi connectivity index (χ1v) is 10.7. The van der Waals surface area contributed by atoms with Gasteiger partial charge in [0.2, 0.25) is 5.88 Å². The smallest absolute Gasteiger partial charge is 0.223 e. The van der Waals surface area contributed by atoms with Gasteiger partial charge in [0, 0.05) is 30.7 Å². The van der Waals surface area contributed by atoms with E-state index >= 15 is 0 Å². The number of pyridine rings is 1. The van der Waals surface area contributed by atoms with Crippen molar-refractivity contribution in [2.75, 3.05) is 17.7 Å². The average Bonchev–Trinajstić information content (AvgIpc) is 3.36. The molecule has 2 saturated heterocycles. The fourth-order valence-corrected chi connectivity index (χ4v) is 5.20.